The highest BCUT2D eigenvalue weighted by molar-refractivity contribution is 5.96. The summed E-state index contributed by atoms with van der Waals surface area (Å²) < 4.78 is 0. The molecule has 0 aromatic heterocycles. The van der Waals surface area contributed by atoms with Gasteiger partial charge < -0.3 is 10.6 Å². The Balaban J connectivity index is 2.16. The van der Waals surface area contributed by atoms with Gasteiger partial charge in [-0.2, -0.15) is 0 Å². The van der Waals surface area contributed by atoms with Crippen LogP contribution in [0, 0.1) is 19.8 Å². The molecule has 2 N–H and O–H groups in total. The molecule has 0 unspecified atom stereocenters. The minimum absolute atomic E-state index is 0.105. The Hall–Kier alpha value is -1.51. The highest BCUT2D eigenvalue weighted by atomic mass is 16.2. The van der Waals surface area contributed by atoms with Crippen molar-refractivity contribution in [3.63, 3.8) is 0 Å². The van der Waals surface area contributed by atoms with Gasteiger partial charge in [0.05, 0.1) is 0 Å². The van der Waals surface area contributed by atoms with E-state index in [2.05, 4.69) is 6.92 Å². The number of anilines is 1. The van der Waals surface area contributed by atoms with Gasteiger partial charge in [0.25, 0.3) is 5.91 Å². The third-order valence-electron chi connectivity index (χ3n) is 4.70. The lowest BCUT2D eigenvalue weighted by Gasteiger charge is -2.34. The van der Waals surface area contributed by atoms with E-state index in [-0.39, 0.29) is 5.91 Å². The summed E-state index contributed by atoms with van der Waals surface area (Å²) in [7, 11) is 1.93. The minimum atomic E-state index is 0.105. The summed E-state index contributed by atoms with van der Waals surface area (Å²) in [5.41, 5.74) is 9.44. The molecule has 1 aromatic carbocycles. The van der Waals surface area contributed by atoms with Crippen LogP contribution in [0.3, 0.4) is 0 Å². The first-order chi connectivity index (χ1) is 9.40. The number of amides is 1. The number of aryl methyl sites for hydroxylation is 2. The first kappa shape index (κ1) is 14.9. The normalized spacial score (nSPS) is 22.6. The number of carbonyl (C=O) groups excluding carboxylic acids is 1. The number of rotatable bonds is 2. The van der Waals surface area contributed by atoms with Crippen LogP contribution in [0.5, 0.6) is 0 Å². The molecule has 0 radical (unpaired) electrons. The predicted molar refractivity (Wildman–Crippen MR) is 83.8 cm³/mol. The van der Waals surface area contributed by atoms with E-state index in [0.29, 0.717) is 11.7 Å². The lowest BCUT2D eigenvalue weighted by atomic mass is 9.86. The zero-order valence-electron chi connectivity index (χ0n) is 13.1. The van der Waals surface area contributed by atoms with Crippen molar-refractivity contribution in [1.29, 1.82) is 0 Å². The lowest BCUT2D eigenvalue weighted by Crippen LogP contribution is -2.39. The number of nitrogens with two attached hydrogens (primary N) is 1. The molecule has 0 atom stereocenters. The summed E-state index contributed by atoms with van der Waals surface area (Å²) in [6.07, 6.45) is 4.67. The van der Waals surface area contributed by atoms with Crippen molar-refractivity contribution in [2.24, 2.45) is 5.92 Å². The molecular formula is C17H26N2O. The smallest absolute Gasteiger partial charge is 0.254 e. The van der Waals surface area contributed by atoms with Gasteiger partial charge in [0, 0.05) is 24.3 Å². The average molecular weight is 274 g/mol. The van der Waals surface area contributed by atoms with Crippen molar-refractivity contribution < 1.29 is 4.79 Å². The summed E-state index contributed by atoms with van der Waals surface area (Å²) in [6.45, 7) is 6.25. The van der Waals surface area contributed by atoms with E-state index >= 15 is 0 Å². The minimum Gasteiger partial charge on any atom is -0.398 e. The monoisotopic (exact) mass is 274 g/mol. The number of carbonyl (C=O) groups is 1. The Morgan fingerprint density at radius 2 is 1.75 bits per heavy atom. The second-order valence-corrected chi connectivity index (χ2v) is 6.35. The fraction of sp³-hybridized carbons (Fsp3) is 0.588. The second kappa shape index (κ2) is 5.86. The van der Waals surface area contributed by atoms with E-state index in [9.17, 15) is 4.79 Å². The van der Waals surface area contributed by atoms with Crippen molar-refractivity contribution in [3.05, 3.63) is 28.8 Å². The molecule has 3 nitrogen and oxygen atoms in total. The third-order valence-corrected chi connectivity index (χ3v) is 4.70. The molecule has 0 heterocycles. The first-order valence-electron chi connectivity index (χ1n) is 7.54. The van der Waals surface area contributed by atoms with Crippen LogP contribution in [0.4, 0.5) is 5.69 Å². The number of nitrogen functional groups attached to an aromatic ring is 1. The van der Waals surface area contributed by atoms with E-state index in [1.807, 2.05) is 37.9 Å². The molecule has 1 saturated carbocycles. The highest BCUT2D eigenvalue weighted by Gasteiger charge is 2.26. The zero-order chi connectivity index (χ0) is 14.9. The van der Waals surface area contributed by atoms with Crippen LogP contribution < -0.4 is 5.73 Å². The van der Waals surface area contributed by atoms with Gasteiger partial charge in [-0.05, 0) is 62.6 Å². The molecule has 110 valence electrons. The molecule has 0 saturated heterocycles. The van der Waals surface area contributed by atoms with Crippen molar-refractivity contribution in [3.8, 4) is 0 Å². The van der Waals surface area contributed by atoms with Crippen molar-refractivity contribution in [2.45, 2.75) is 52.5 Å². The van der Waals surface area contributed by atoms with Crippen molar-refractivity contribution >= 4 is 11.6 Å². The molecule has 2 rings (SSSR count). The Labute approximate surface area is 122 Å². The molecule has 3 heteroatoms. The SMILES string of the molecule is Cc1cc(C)c(C(=O)N(C)C2CCC(C)CC2)cc1N. The van der Waals surface area contributed by atoms with Crippen molar-refractivity contribution in [2.75, 3.05) is 12.8 Å². The number of hydrogen-bond donors (Lipinski definition) is 1. The van der Waals surface area contributed by atoms with Gasteiger partial charge in [-0.15, -0.1) is 0 Å². The van der Waals surface area contributed by atoms with Gasteiger partial charge in [-0.25, -0.2) is 0 Å². The third kappa shape index (κ3) is 2.97. The summed E-state index contributed by atoms with van der Waals surface area (Å²) in [4.78, 5) is 14.6. The van der Waals surface area contributed by atoms with Crippen LogP contribution in [0.15, 0.2) is 12.1 Å². The van der Waals surface area contributed by atoms with Crippen LogP contribution in [0.25, 0.3) is 0 Å². The molecular weight excluding hydrogens is 248 g/mol. The highest BCUT2D eigenvalue weighted by Crippen LogP contribution is 2.28. The average Bonchev–Trinajstić information content (AvgIpc) is 2.42. The topological polar surface area (TPSA) is 46.3 Å². The van der Waals surface area contributed by atoms with E-state index < -0.39 is 0 Å². The summed E-state index contributed by atoms with van der Waals surface area (Å²) in [6, 6.07) is 4.20. The molecule has 1 aliphatic rings. The fourth-order valence-corrected chi connectivity index (χ4v) is 3.09. The second-order valence-electron chi connectivity index (χ2n) is 6.35. The molecule has 0 aliphatic heterocycles. The van der Waals surface area contributed by atoms with Gasteiger partial charge in [0.15, 0.2) is 0 Å². The largest absolute Gasteiger partial charge is 0.398 e. The Bertz CT molecular complexity index is 502. The first-order valence-corrected chi connectivity index (χ1v) is 7.54. The molecule has 1 amide bonds. The summed E-state index contributed by atoms with van der Waals surface area (Å²) >= 11 is 0. The molecule has 20 heavy (non-hydrogen) atoms. The van der Waals surface area contributed by atoms with Gasteiger partial charge in [0.2, 0.25) is 0 Å². The summed E-state index contributed by atoms with van der Waals surface area (Å²) in [5, 5.41) is 0. The van der Waals surface area contributed by atoms with Crippen LogP contribution in [-0.4, -0.2) is 23.9 Å². The maximum atomic E-state index is 12.7. The molecule has 1 aromatic rings. The number of nitrogens with zero attached hydrogens (tertiary/aromatic N) is 1. The van der Waals surface area contributed by atoms with Crippen LogP contribution >= 0.6 is 0 Å². The number of benzene rings is 1. The Morgan fingerprint density at radius 3 is 2.35 bits per heavy atom. The van der Waals surface area contributed by atoms with E-state index in [4.69, 9.17) is 5.73 Å². The van der Waals surface area contributed by atoms with Gasteiger partial charge in [-0.3, -0.25) is 4.79 Å². The number of hydrogen-bond acceptors (Lipinski definition) is 2. The van der Waals surface area contributed by atoms with E-state index in [1.165, 1.54) is 12.8 Å². The predicted octanol–water partition coefficient (Wildman–Crippen LogP) is 3.54. The zero-order valence-corrected chi connectivity index (χ0v) is 13.1. The molecule has 1 fully saturated rings. The van der Waals surface area contributed by atoms with Crippen LogP contribution in [-0.2, 0) is 0 Å². The van der Waals surface area contributed by atoms with E-state index in [0.717, 1.165) is 35.4 Å². The maximum Gasteiger partial charge on any atom is 0.254 e. The summed E-state index contributed by atoms with van der Waals surface area (Å²) in [5.74, 6) is 0.903. The molecule has 0 spiro atoms. The van der Waals surface area contributed by atoms with Crippen LogP contribution in [0.2, 0.25) is 0 Å². The maximum absolute atomic E-state index is 12.7. The van der Waals surface area contributed by atoms with Crippen LogP contribution in [0.1, 0.15) is 54.1 Å². The fourth-order valence-electron chi connectivity index (χ4n) is 3.09. The molecule has 0 bridgehead atoms. The lowest BCUT2D eigenvalue weighted by molar-refractivity contribution is 0.0679. The van der Waals surface area contributed by atoms with E-state index in [1.54, 1.807) is 0 Å². The quantitative estimate of drug-likeness (QED) is 0.838. The van der Waals surface area contributed by atoms with Crippen molar-refractivity contribution in [1.82, 2.24) is 4.90 Å². The Kier molecular flexibility index (Phi) is 4.36. The van der Waals surface area contributed by atoms with Gasteiger partial charge >= 0.3 is 0 Å². The van der Waals surface area contributed by atoms with Gasteiger partial charge in [0.1, 0.15) is 0 Å². The standard InChI is InChI=1S/C17H26N2O/c1-11-5-7-14(8-6-11)19(4)17(20)15-10-16(18)13(3)9-12(15)2/h9-11,14H,5-8,18H2,1-4H3. The Morgan fingerprint density at radius 1 is 1.15 bits per heavy atom. The molecule has 1 aliphatic carbocycles. The van der Waals surface area contributed by atoms with Gasteiger partial charge in [-0.1, -0.05) is 13.0 Å².